The summed E-state index contributed by atoms with van der Waals surface area (Å²) in [5.41, 5.74) is 3.60. The van der Waals surface area contributed by atoms with Crippen molar-refractivity contribution in [3.63, 3.8) is 0 Å². The maximum absolute atomic E-state index is 11.3. The lowest BCUT2D eigenvalue weighted by Crippen LogP contribution is -2.00. The van der Waals surface area contributed by atoms with E-state index in [0.29, 0.717) is 24.1 Å². The van der Waals surface area contributed by atoms with Crippen LogP contribution in [0.5, 0.6) is 0 Å². The van der Waals surface area contributed by atoms with Crippen molar-refractivity contribution in [1.82, 2.24) is 10.1 Å². The molecule has 0 radical (unpaired) electrons. The number of nitrogens with zero attached hydrogens (tertiary/aromatic N) is 2. The number of hydrogen-bond acceptors (Lipinski definition) is 4. The molecule has 2 aromatic rings. The summed E-state index contributed by atoms with van der Waals surface area (Å²) in [4.78, 5) is 15.5. The first-order valence-corrected chi connectivity index (χ1v) is 6.56. The number of benzene rings is 1. The summed E-state index contributed by atoms with van der Waals surface area (Å²) < 4.78 is 5.01. The fraction of sp³-hybridized carbons (Fsp3) is 0.400. The molecular formula is C15H16N2O2. The topological polar surface area (TPSA) is 56.0 Å². The lowest BCUT2D eigenvalue weighted by molar-refractivity contribution is -0.117. The molecule has 4 nitrogen and oxygen atoms in total. The van der Waals surface area contributed by atoms with Gasteiger partial charge in [-0.05, 0) is 42.9 Å². The van der Waals surface area contributed by atoms with Crippen LogP contribution in [-0.2, 0) is 11.2 Å². The van der Waals surface area contributed by atoms with E-state index < -0.39 is 0 Å². The van der Waals surface area contributed by atoms with Crippen molar-refractivity contribution in [2.45, 2.75) is 39.0 Å². The number of aryl methyl sites for hydroxylation is 2. The van der Waals surface area contributed by atoms with Crippen LogP contribution in [0.2, 0.25) is 0 Å². The average Bonchev–Trinajstić information content (AvgIpc) is 2.95. The summed E-state index contributed by atoms with van der Waals surface area (Å²) in [5, 5.41) is 3.94. The van der Waals surface area contributed by atoms with Gasteiger partial charge in [0.2, 0.25) is 11.7 Å². The van der Waals surface area contributed by atoms with Crippen LogP contribution >= 0.6 is 0 Å². The van der Waals surface area contributed by atoms with Gasteiger partial charge in [-0.3, -0.25) is 0 Å². The van der Waals surface area contributed by atoms with Gasteiger partial charge in [0.1, 0.15) is 5.78 Å². The van der Waals surface area contributed by atoms with Crippen LogP contribution in [0, 0.1) is 6.92 Å². The Morgan fingerprint density at radius 1 is 1.47 bits per heavy atom. The summed E-state index contributed by atoms with van der Waals surface area (Å²) in [6.45, 7) is 3.45. The molecule has 98 valence electrons. The van der Waals surface area contributed by atoms with E-state index in [2.05, 4.69) is 22.3 Å². The summed E-state index contributed by atoms with van der Waals surface area (Å²) in [6.07, 6.45) is 2.73. The van der Waals surface area contributed by atoms with E-state index >= 15 is 0 Å². The number of Topliss-reactive ketones (excluding diaryl/α,β-unsaturated/α-hetero) is 1. The molecule has 1 aliphatic rings. The lowest BCUT2D eigenvalue weighted by Gasteiger charge is -2.09. The Kier molecular flexibility index (Phi) is 2.93. The molecule has 0 fully saturated rings. The molecule has 0 saturated heterocycles. The molecule has 3 rings (SSSR count). The maximum atomic E-state index is 11.3. The van der Waals surface area contributed by atoms with Gasteiger partial charge >= 0.3 is 0 Å². The van der Waals surface area contributed by atoms with Crippen LogP contribution in [0.4, 0.5) is 0 Å². The Balaban J connectivity index is 1.92. The molecule has 0 aliphatic heterocycles. The highest BCUT2D eigenvalue weighted by atomic mass is 16.5. The third-order valence-electron chi connectivity index (χ3n) is 3.66. The molecule has 1 heterocycles. The standard InChI is InChI=1S/C15H16N2O2/c1-9(18)7-11-3-4-12-8-13(5-6-14(11)12)15-16-10(2)19-17-15/h5-6,8,11H,3-4,7H2,1-2H3/t11-/m0/s1. The minimum Gasteiger partial charge on any atom is -0.339 e. The van der Waals surface area contributed by atoms with Gasteiger partial charge in [-0.15, -0.1) is 0 Å². The van der Waals surface area contributed by atoms with Crippen molar-refractivity contribution in [2.24, 2.45) is 0 Å². The van der Waals surface area contributed by atoms with Crippen molar-refractivity contribution in [1.29, 1.82) is 0 Å². The first-order valence-electron chi connectivity index (χ1n) is 6.56. The third kappa shape index (κ3) is 2.30. The molecule has 1 aromatic heterocycles. The largest absolute Gasteiger partial charge is 0.339 e. The predicted octanol–water partition coefficient (Wildman–Crippen LogP) is 3.05. The number of rotatable bonds is 3. The minimum atomic E-state index is 0.260. The van der Waals surface area contributed by atoms with E-state index in [1.54, 1.807) is 13.8 Å². The van der Waals surface area contributed by atoms with E-state index in [9.17, 15) is 4.79 Å². The van der Waals surface area contributed by atoms with Crippen LogP contribution in [0.3, 0.4) is 0 Å². The van der Waals surface area contributed by atoms with Crippen LogP contribution in [0.1, 0.15) is 42.7 Å². The van der Waals surface area contributed by atoms with E-state index in [4.69, 9.17) is 4.52 Å². The minimum absolute atomic E-state index is 0.260. The van der Waals surface area contributed by atoms with Gasteiger partial charge in [0.15, 0.2) is 0 Å². The molecule has 0 amide bonds. The van der Waals surface area contributed by atoms with Gasteiger partial charge in [0, 0.05) is 18.9 Å². The van der Waals surface area contributed by atoms with E-state index in [-0.39, 0.29) is 5.78 Å². The Hall–Kier alpha value is -1.97. The van der Waals surface area contributed by atoms with Crippen LogP contribution < -0.4 is 0 Å². The fourth-order valence-electron chi connectivity index (χ4n) is 2.82. The van der Waals surface area contributed by atoms with Gasteiger partial charge in [-0.25, -0.2) is 0 Å². The van der Waals surface area contributed by atoms with E-state index in [1.807, 2.05) is 6.07 Å². The quantitative estimate of drug-likeness (QED) is 0.847. The molecule has 0 spiro atoms. The Morgan fingerprint density at radius 3 is 3.00 bits per heavy atom. The van der Waals surface area contributed by atoms with Gasteiger partial charge in [-0.2, -0.15) is 4.98 Å². The highest BCUT2D eigenvalue weighted by molar-refractivity contribution is 5.76. The van der Waals surface area contributed by atoms with Crippen molar-refractivity contribution < 1.29 is 9.32 Å². The fourth-order valence-corrected chi connectivity index (χ4v) is 2.82. The zero-order valence-corrected chi connectivity index (χ0v) is 11.1. The van der Waals surface area contributed by atoms with Crippen LogP contribution in [0.25, 0.3) is 11.4 Å². The molecule has 1 aromatic carbocycles. The molecule has 0 saturated carbocycles. The number of hydrogen-bond donors (Lipinski definition) is 0. The van der Waals surface area contributed by atoms with Crippen LogP contribution in [0.15, 0.2) is 22.7 Å². The monoisotopic (exact) mass is 256 g/mol. The molecule has 1 atom stereocenters. The molecule has 4 heteroatoms. The number of carbonyl (C=O) groups is 1. The highest BCUT2D eigenvalue weighted by Gasteiger charge is 2.24. The number of ketones is 1. The lowest BCUT2D eigenvalue weighted by atomic mass is 9.95. The van der Waals surface area contributed by atoms with Gasteiger partial charge in [0.05, 0.1) is 0 Å². The normalized spacial score (nSPS) is 17.5. The van der Waals surface area contributed by atoms with Gasteiger partial charge in [-0.1, -0.05) is 17.3 Å². The van der Waals surface area contributed by atoms with E-state index in [1.165, 1.54) is 11.1 Å². The van der Waals surface area contributed by atoms with Gasteiger partial charge < -0.3 is 9.32 Å². The molecule has 1 aliphatic carbocycles. The first-order chi connectivity index (χ1) is 9.13. The third-order valence-corrected chi connectivity index (χ3v) is 3.66. The summed E-state index contributed by atoms with van der Waals surface area (Å²) in [7, 11) is 0. The van der Waals surface area contributed by atoms with Crippen LogP contribution in [-0.4, -0.2) is 15.9 Å². The smallest absolute Gasteiger partial charge is 0.223 e. The SMILES string of the molecule is CC(=O)C[C@@H]1CCc2cc(-c3noc(C)n3)ccc21. The zero-order chi connectivity index (χ0) is 13.4. The molecule has 0 unspecified atom stereocenters. The Labute approximate surface area is 111 Å². The Morgan fingerprint density at radius 2 is 2.32 bits per heavy atom. The second-order valence-corrected chi connectivity index (χ2v) is 5.19. The first kappa shape index (κ1) is 12.1. The Bertz CT molecular complexity index is 631. The number of aromatic nitrogens is 2. The van der Waals surface area contributed by atoms with Crippen molar-refractivity contribution in [3.05, 3.63) is 35.2 Å². The summed E-state index contributed by atoms with van der Waals surface area (Å²) >= 11 is 0. The molecular weight excluding hydrogens is 240 g/mol. The summed E-state index contributed by atoms with van der Waals surface area (Å²) in [5.74, 6) is 1.85. The van der Waals surface area contributed by atoms with Crippen molar-refractivity contribution >= 4 is 5.78 Å². The molecule has 19 heavy (non-hydrogen) atoms. The zero-order valence-electron chi connectivity index (χ0n) is 11.1. The highest BCUT2D eigenvalue weighted by Crippen LogP contribution is 2.37. The molecule has 0 N–H and O–H groups in total. The summed E-state index contributed by atoms with van der Waals surface area (Å²) in [6, 6.07) is 6.25. The number of carbonyl (C=O) groups excluding carboxylic acids is 1. The maximum Gasteiger partial charge on any atom is 0.223 e. The molecule has 0 bridgehead atoms. The second-order valence-electron chi connectivity index (χ2n) is 5.19. The average molecular weight is 256 g/mol. The predicted molar refractivity (Wildman–Crippen MR) is 70.8 cm³/mol. The van der Waals surface area contributed by atoms with Crippen molar-refractivity contribution in [3.8, 4) is 11.4 Å². The van der Waals surface area contributed by atoms with Crippen molar-refractivity contribution in [2.75, 3.05) is 0 Å². The van der Waals surface area contributed by atoms with E-state index in [0.717, 1.165) is 18.4 Å². The second kappa shape index (κ2) is 4.61. The number of fused-ring (bicyclic) bond motifs is 1. The van der Waals surface area contributed by atoms with Gasteiger partial charge in [0.25, 0.3) is 0 Å².